The number of hydrogen-bond acceptors (Lipinski definition) is 5. The van der Waals surface area contributed by atoms with Gasteiger partial charge in [-0.25, -0.2) is 13.4 Å². The van der Waals surface area contributed by atoms with Crippen LogP contribution in [-0.2, 0) is 16.4 Å². The Labute approximate surface area is 129 Å². The van der Waals surface area contributed by atoms with Crippen molar-refractivity contribution < 1.29 is 8.42 Å². The molecule has 0 atom stereocenters. The zero-order valence-corrected chi connectivity index (χ0v) is 13.9. The van der Waals surface area contributed by atoms with Crippen molar-refractivity contribution >= 4 is 32.2 Å². The van der Waals surface area contributed by atoms with E-state index in [9.17, 15) is 8.42 Å². The topological polar surface area (TPSA) is 71.1 Å². The predicted molar refractivity (Wildman–Crippen MR) is 87.6 cm³/mol. The van der Waals surface area contributed by atoms with Crippen LogP contribution in [0.4, 0.5) is 10.8 Å². The fourth-order valence-corrected chi connectivity index (χ4v) is 4.33. The third-order valence-electron chi connectivity index (χ3n) is 2.99. The lowest BCUT2D eigenvalue weighted by Crippen LogP contribution is -2.15. The monoisotopic (exact) mass is 325 g/mol. The van der Waals surface area contributed by atoms with Crippen molar-refractivity contribution in [1.29, 1.82) is 0 Å². The van der Waals surface area contributed by atoms with Crippen LogP contribution in [-0.4, -0.2) is 19.9 Å². The van der Waals surface area contributed by atoms with Crippen LogP contribution >= 0.6 is 11.3 Å². The average molecular weight is 325 g/mol. The van der Waals surface area contributed by atoms with Crippen LogP contribution in [0.3, 0.4) is 0 Å². The van der Waals surface area contributed by atoms with Crippen LogP contribution < -0.4 is 10.0 Å². The molecular weight excluding hydrogens is 306 g/mol. The summed E-state index contributed by atoms with van der Waals surface area (Å²) in [6, 6.07) is 6.85. The third-order valence-corrected chi connectivity index (χ3v) is 5.45. The summed E-state index contributed by atoms with van der Waals surface area (Å²) in [6.07, 6.45) is 0.790. The van der Waals surface area contributed by atoms with Crippen molar-refractivity contribution in [3.8, 4) is 0 Å². The number of aromatic nitrogens is 1. The summed E-state index contributed by atoms with van der Waals surface area (Å²) in [4.78, 5) is 5.59. The number of nitrogens with one attached hydrogen (secondary N) is 2. The SMILES string of the molecule is CCNc1ccccc1S(=O)(=O)Nc1nc(CC)c(C)s1. The van der Waals surface area contributed by atoms with E-state index in [1.807, 2.05) is 20.8 Å². The van der Waals surface area contributed by atoms with Gasteiger partial charge in [0.15, 0.2) is 5.13 Å². The Bertz CT molecular complexity index is 724. The average Bonchev–Trinajstić information content (AvgIpc) is 2.78. The van der Waals surface area contributed by atoms with Crippen molar-refractivity contribution in [2.45, 2.75) is 32.1 Å². The van der Waals surface area contributed by atoms with Crippen molar-refractivity contribution in [3.63, 3.8) is 0 Å². The van der Waals surface area contributed by atoms with Crippen LogP contribution in [0.25, 0.3) is 0 Å². The molecule has 2 aromatic rings. The highest BCUT2D eigenvalue weighted by Crippen LogP contribution is 2.27. The standard InChI is InChI=1S/C14H19N3O2S2/c1-4-11-10(3)20-14(16-11)17-21(18,19)13-9-7-6-8-12(13)15-5-2/h6-9,15H,4-5H2,1-3H3,(H,16,17). The van der Waals surface area contributed by atoms with Gasteiger partial charge in [-0.3, -0.25) is 4.72 Å². The summed E-state index contributed by atoms with van der Waals surface area (Å²) in [7, 11) is -3.64. The van der Waals surface area contributed by atoms with E-state index in [1.54, 1.807) is 24.3 Å². The Hall–Kier alpha value is -1.60. The molecule has 21 heavy (non-hydrogen) atoms. The minimum atomic E-state index is -3.64. The first-order chi connectivity index (χ1) is 9.97. The molecule has 0 spiro atoms. The number of nitrogens with zero attached hydrogens (tertiary/aromatic N) is 1. The van der Waals surface area contributed by atoms with Gasteiger partial charge in [-0.15, -0.1) is 11.3 Å². The van der Waals surface area contributed by atoms with E-state index in [2.05, 4.69) is 15.0 Å². The molecule has 0 fully saturated rings. The molecule has 5 nitrogen and oxygen atoms in total. The summed E-state index contributed by atoms with van der Waals surface area (Å²) in [5, 5.41) is 3.47. The van der Waals surface area contributed by atoms with Gasteiger partial charge in [-0.1, -0.05) is 19.1 Å². The van der Waals surface area contributed by atoms with Gasteiger partial charge in [0.25, 0.3) is 10.0 Å². The largest absolute Gasteiger partial charge is 0.384 e. The highest BCUT2D eigenvalue weighted by molar-refractivity contribution is 7.93. The van der Waals surface area contributed by atoms with E-state index in [-0.39, 0.29) is 4.90 Å². The second-order valence-electron chi connectivity index (χ2n) is 4.51. The quantitative estimate of drug-likeness (QED) is 0.855. The maximum absolute atomic E-state index is 12.5. The molecule has 0 unspecified atom stereocenters. The van der Waals surface area contributed by atoms with Crippen LogP contribution in [0.2, 0.25) is 0 Å². The van der Waals surface area contributed by atoms with E-state index in [0.717, 1.165) is 17.0 Å². The van der Waals surface area contributed by atoms with Gasteiger partial charge in [0.05, 0.1) is 11.4 Å². The van der Waals surface area contributed by atoms with E-state index < -0.39 is 10.0 Å². The van der Waals surface area contributed by atoms with Crippen LogP contribution in [0, 0.1) is 6.92 Å². The van der Waals surface area contributed by atoms with Crippen molar-refractivity contribution in [2.75, 3.05) is 16.6 Å². The molecule has 114 valence electrons. The smallest absolute Gasteiger partial charge is 0.265 e. The van der Waals surface area contributed by atoms with Gasteiger partial charge >= 0.3 is 0 Å². The van der Waals surface area contributed by atoms with E-state index in [4.69, 9.17) is 0 Å². The van der Waals surface area contributed by atoms with Gasteiger partial charge in [0.1, 0.15) is 4.90 Å². The molecule has 2 N–H and O–H groups in total. The van der Waals surface area contributed by atoms with Crippen molar-refractivity contribution in [2.24, 2.45) is 0 Å². The van der Waals surface area contributed by atoms with Crippen LogP contribution in [0.15, 0.2) is 29.2 Å². The Balaban J connectivity index is 2.34. The first kappa shape index (κ1) is 15.8. The minimum absolute atomic E-state index is 0.234. The normalized spacial score (nSPS) is 11.4. The molecule has 7 heteroatoms. The van der Waals surface area contributed by atoms with E-state index >= 15 is 0 Å². The zero-order chi connectivity index (χ0) is 15.5. The number of para-hydroxylation sites is 1. The number of thiazole rings is 1. The summed E-state index contributed by atoms with van der Waals surface area (Å²) in [5.74, 6) is 0. The molecule has 0 radical (unpaired) electrons. The van der Waals surface area contributed by atoms with Crippen molar-refractivity contribution in [1.82, 2.24) is 4.98 Å². The summed E-state index contributed by atoms with van der Waals surface area (Å²) in [5.41, 5.74) is 1.52. The van der Waals surface area contributed by atoms with E-state index in [1.165, 1.54) is 11.3 Å². The minimum Gasteiger partial charge on any atom is -0.384 e. The predicted octanol–water partition coefficient (Wildman–Crippen LogP) is 3.25. The maximum Gasteiger partial charge on any atom is 0.265 e. The molecule has 0 amide bonds. The number of aryl methyl sites for hydroxylation is 2. The molecular formula is C14H19N3O2S2. The highest BCUT2D eigenvalue weighted by Gasteiger charge is 2.20. The fraction of sp³-hybridized carbons (Fsp3) is 0.357. The molecule has 0 bridgehead atoms. The number of hydrogen-bond donors (Lipinski definition) is 2. The van der Waals surface area contributed by atoms with Gasteiger partial charge in [-0.2, -0.15) is 0 Å². The maximum atomic E-state index is 12.5. The van der Waals surface area contributed by atoms with Crippen molar-refractivity contribution in [3.05, 3.63) is 34.8 Å². The van der Waals surface area contributed by atoms with Crippen LogP contribution in [0.5, 0.6) is 0 Å². The van der Waals surface area contributed by atoms with Gasteiger partial charge in [0, 0.05) is 11.4 Å². The molecule has 1 heterocycles. The van der Waals surface area contributed by atoms with E-state index in [0.29, 0.717) is 17.4 Å². The second-order valence-corrected chi connectivity index (χ2v) is 7.36. The molecule has 0 aliphatic rings. The Kier molecular flexibility index (Phi) is 4.84. The fourth-order valence-electron chi connectivity index (χ4n) is 2.01. The number of sulfonamides is 1. The Morgan fingerprint density at radius 1 is 1.24 bits per heavy atom. The van der Waals surface area contributed by atoms with Gasteiger partial charge in [-0.05, 0) is 32.4 Å². The second kappa shape index (κ2) is 6.44. The molecule has 0 aliphatic heterocycles. The number of benzene rings is 1. The highest BCUT2D eigenvalue weighted by atomic mass is 32.2. The lowest BCUT2D eigenvalue weighted by Gasteiger charge is -2.11. The third kappa shape index (κ3) is 3.54. The lowest BCUT2D eigenvalue weighted by atomic mass is 10.3. The van der Waals surface area contributed by atoms with Gasteiger partial charge in [0.2, 0.25) is 0 Å². The van der Waals surface area contributed by atoms with Crippen LogP contribution in [0.1, 0.15) is 24.4 Å². The Morgan fingerprint density at radius 3 is 2.57 bits per heavy atom. The molecule has 0 saturated carbocycles. The lowest BCUT2D eigenvalue weighted by molar-refractivity contribution is 0.601. The first-order valence-electron chi connectivity index (χ1n) is 6.80. The molecule has 0 aliphatic carbocycles. The molecule has 2 rings (SSSR count). The Morgan fingerprint density at radius 2 is 1.95 bits per heavy atom. The molecule has 0 saturated heterocycles. The number of anilines is 2. The zero-order valence-electron chi connectivity index (χ0n) is 12.3. The first-order valence-corrected chi connectivity index (χ1v) is 9.10. The summed E-state index contributed by atoms with van der Waals surface area (Å²) < 4.78 is 27.6. The summed E-state index contributed by atoms with van der Waals surface area (Å²) >= 11 is 1.36. The molecule has 1 aromatic carbocycles. The summed E-state index contributed by atoms with van der Waals surface area (Å²) in [6.45, 7) is 6.53. The molecule has 1 aromatic heterocycles. The van der Waals surface area contributed by atoms with Gasteiger partial charge < -0.3 is 5.32 Å². The number of rotatable bonds is 6.